The van der Waals surface area contributed by atoms with Crippen molar-refractivity contribution in [3.05, 3.63) is 42.6 Å². The second-order valence-electron chi connectivity index (χ2n) is 3.88. The lowest BCUT2D eigenvalue weighted by atomic mass is 10.2. The van der Waals surface area contributed by atoms with Crippen LogP contribution in [0.4, 0.5) is 0 Å². The summed E-state index contributed by atoms with van der Waals surface area (Å²) in [5.41, 5.74) is 1.20. The predicted molar refractivity (Wildman–Crippen MR) is 69.3 cm³/mol. The summed E-state index contributed by atoms with van der Waals surface area (Å²) in [5, 5.41) is 16.6. The van der Waals surface area contributed by atoms with E-state index in [0.717, 1.165) is 10.9 Å². The van der Waals surface area contributed by atoms with Crippen LogP contribution in [0.5, 0.6) is 0 Å². The Morgan fingerprint density at radius 3 is 3.00 bits per heavy atom. The fraction of sp³-hybridized carbons (Fsp3) is 0.231. The van der Waals surface area contributed by atoms with Gasteiger partial charge in [-0.1, -0.05) is 24.3 Å². The van der Waals surface area contributed by atoms with Crippen LogP contribution in [0.15, 0.2) is 36.9 Å². The number of benzene rings is 1. The molecule has 0 fully saturated rings. The average Bonchev–Trinajstić information content (AvgIpc) is 2.81. The molecule has 0 atom stereocenters. The van der Waals surface area contributed by atoms with Gasteiger partial charge in [0, 0.05) is 18.5 Å². The molecule has 2 N–H and O–H groups in total. The molecule has 0 bridgehead atoms. The first-order valence-corrected chi connectivity index (χ1v) is 5.72. The van der Waals surface area contributed by atoms with Crippen LogP contribution < -0.4 is 0 Å². The quantitative estimate of drug-likeness (QED) is 0.777. The van der Waals surface area contributed by atoms with Gasteiger partial charge in [0.15, 0.2) is 5.69 Å². The lowest BCUT2D eigenvalue weighted by Crippen LogP contribution is -2.34. The molecule has 0 saturated heterocycles. The fourth-order valence-electron chi connectivity index (χ4n) is 1.83. The first kappa shape index (κ1) is 12.3. The molecule has 1 heterocycles. The normalized spacial score (nSPS) is 10.5. The zero-order chi connectivity index (χ0) is 13.0. The predicted octanol–water partition coefficient (Wildman–Crippen LogP) is 1.18. The number of aromatic amines is 1. The van der Waals surface area contributed by atoms with E-state index in [9.17, 15) is 4.79 Å². The van der Waals surface area contributed by atoms with Crippen LogP contribution in [0.25, 0.3) is 10.9 Å². The van der Waals surface area contributed by atoms with Crippen molar-refractivity contribution in [2.45, 2.75) is 0 Å². The molecule has 0 aliphatic carbocycles. The average molecular weight is 245 g/mol. The number of H-pyrrole nitrogens is 1. The van der Waals surface area contributed by atoms with E-state index in [0.29, 0.717) is 12.2 Å². The fourth-order valence-corrected chi connectivity index (χ4v) is 1.83. The van der Waals surface area contributed by atoms with Gasteiger partial charge in [-0.3, -0.25) is 9.89 Å². The standard InChI is InChI=1S/C13H15N3O2/c1-2-7-16(8-9-17)13(18)12-10-5-3-4-6-11(10)14-15-12/h2-6,17H,1,7-9H2,(H,14,15). The van der Waals surface area contributed by atoms with Gasteiger partial charge in [-0.2, -0.15) is 5.10 Å². The van der Waals surface area contributed by atoms with E-state index in [1.165, 1.54) is 4.90 Å². The van der Waals surface area contributed by atoms with Crippen LogP contribution in [0.2, 0.25) is 0 Å². The number of amides is 1. The van der Waals surface area contributed by atoms with E-state index in [2.05, 4.69) is 16.8 Å². The molecule has 18 heavy (non-hydrogen) atoms. The molecule has 0 unspecified atom stereocenters. The number of para-hydroxylation sites is 1. The van der Waals surface area contributed by atoms with Gasteiger partial charge in [0.25, 0.3) is 5.91 Å². The van der Waals surface area contributed by atoms with Gasteiger partial charge in [-0.15, -0.1) is 6.58 Å². The lowest BCUT2D eigenvalue weighted by molar-refractivity contribution is 0.0739. The Morgan fingerprint density at radius 1 is 1.50 bits per heavy atom. The molecule has 0 aliphatic rings. The van der Waals surface area contributed by atoms with Crippen molar-refractivity contribution in [2.24, 2.45) is 0 Å². The van der Waals surface area contributed by atoms with Crippen molar-refractivity contribution < 1.29 is 9.90 Å². The van der Waals surface area contributed by atoms with E-state index in [4.69, 9.17) is 5.11 Å². The van der Waals surface area contributed by atoms with E-state index in [-0.39, 0.29) is 19.1 Å². The third-order valence-corrected chi connectivity index (χ3v) is 2.68. The molecule has 0 spiro atoms. The summed E-state index contributed by atoms with van der Waals surface area (Å²) < 4.78 is 0. The number of carbonyl (C=O) groups is 1. The SMILES string of the molecule is C=CCN(CCO)C(=O)c1n[nH]c2ccccc12. The maximum atomic E-state index is 12.3. The molecule has 2 rings (SSSR count). The van der Waals surface area contributed by atoms with Crippen LogP contribution in [0, 0.1) is 0 Å². The van der Waals surface area contributed by atoms with Gasteiger partial charge in [-0.05, 0) is 6.07 Å². The molecule has 0 saturated carbocycles. The van der Waals surface area contributed by atoms with Crippen molar-refractivity contribution in [2.75, 3.05) is 19.7 Å². The topological polar surface area (TPSA) is 69.2 Å². The van der Waals surface area contributed by atoms with Crippen LogP contribution in [-0.4, -0.2) is 45.8 Å². The molecule has 2 aromatic rings. The van der Waals surface area contributed by atoms with Crippen LogP contribution in [0.3, 0.4) is 0 Å². The van der Waals surface area contributed by atoms with Gasteiger partial charge >= 0.3 is 0 Å². The number of rotatable bonds is 5. The van der Waals surface area contributed by atoms with Gasteiger partial charge in [0.1, 0.15) is 0 Å². The number of nitrogens with one attached hydrogen (secondary N) is 1. The molecule has 1 aromatic carbocycles. The number of nitrogens with zero attached hydrogens (tertiary/aromatic N) is 2. The van der Waals surface area contributed by atoms with Gasteiger partial charge in [0.05, 0.1) is 12.1 Å². The third kappa shape index (κ3) is 2.26. The number of carbonyl (C=O) groups excluding carboxylic acids is 1. The van der Waals surface area contributed by atoms with E-state index in [1.54, 1.807) is 6.08 Å². The summed E-state index contributed by atoms with van der Waals surface area (Å²) in [5.74, 6) is -0.207. The monoisotopic (exact) mass is 245 g/mol. The highest BCUT2D eigenvalue weighted by Crippen LogP contribution is 2.16. The van der Waals surface area contributed by atoms with Gasteiger partial charge < -0.3 is 10.0 Å². The van der Waals surface area contributed by atoms with Crippen molar-refractivity contribution >= 4 is 16.8 Å². The molecule has 0 aliphatic heterocycles. The summed E-state index contributed by atoms with van der Waals surface area (Å²) in [4.78, 5) is 13.8. The summed E-state index contributed by atoms with van der Waals surface area (Å²) in [6, 6.07) is 7.45. The van der Waals surface area contributed by atoms with Crippen molar-refractivity contribution in [3.8, 4) is 0 Å². The first-order valence-electron chi connectivity index (χ1n) is 5.72. The number of aliphatic hydroxyl groups is 1. The third-order valence-electron chi connectivity index (χ3n) is 2.68. The highest BCUT2D eigenvalue weighted by atomic mass is 16.3. The second-order valence-corrected chi connectivity index (χ2v) is 3.88. The van der Waals surface area contributed by atoms with Gasteiger partial charge in [0.2, 0.25) is 0 Å². The second kappa shape index (κ2) is 5.46. The Balaban J connectivity index is 2.34. The highest BCUT2D eigenvalue weighted by Gasteiger charge is 2.19. The molecule has 5 heteroatoms. The summed E-state index contributed by atoms with van der Waals surface area (Å²) in [6.07, 6.45) is 1.63. The van der Waals surface area contributed by atoms with E-state index < -0.39 is 0 Å². The Morgan fingerprint density at radius 2 is 2.28 bits per heavy atom. The molecule has 1 aromatic heterocycles. The lowest BCUT2D eigenvalue weighted by Gasteiger charge is -2.18. The number of fused-ring (bicyclic) bond motifs is 1. The van der Waals surface area contributed by atoms with Crippen molar-refractivity contribution in [1.29, 1.82) is 0 Å². The van der Waals surface area contributed by atoms with Crippen LogP contribution in [0.1, 0.15) is 10.5 Å². The zero-order valence-electron chi connectivity index (χ0n) is 9.97. The smallest absolute Gasteiger partial charge is 0.275 e. The zero-order valence-corrected chi connectivity index (χ0v) is 9.97. The number of hydrogen-bond donors (Lipinski definition) is 2. The molecular weight excluding hydrogens is 230 g/mol. The number of hydrogen-bond acceptors (Lipinski definition) is 3. The van der Waals surface area contributed by atoms with E-state index in [1.807, 2.05) is 24.3 Å². The maximum Gasteiger partial charge on any atom is 0.275 e. The van der Waals surface area contributed by atoms with E-state index >= 15 is 0 Å². The summed E-state index contributed by atoms with van der Waals surface area (Å²) >= 11 is 0. The minimum Gasteiger partial charge on any atom is -0.395 e. The minimum atomic E-state index is -0.207. The number of aromatic nitrogens is 2. The Labute approximate surface area is 105 Å². The molecular formula is C13H15N3O2. The maximum absolute atomic E-state index is 12.3. The first-order chi connectivity index (χ1) is 8.77. The molecule has 94 valence electrons. The van der Waals surface area contributed by atoms with Crippen LogP contribution in [-0.2, 0) is 0 Å². The Hall–Kier alpha value is -2.14. The van der Waals surface area contributed by atoms with Crippen molar-refractivity contribution in [1.82, 2.24) is 15.1 Å². The summed E-state index contributed by atoms with van der Waals surface area (Å²) in [6.45, 7) is 4.18. The Bertz CT molecular complexity index is 562. The highest BCUT2D eigenvalue weighted by molar-refractivity contribution is 6.04. The number of aliphatic hydroxyl groups excluding tert-OH is 1. The summed E-state index contributed by atoms with van der Waals surface area (Å²) in [7, 11) is 0. The molecule has 5 nitrogen and oxygen atoms in total. The van der Waals surface area contributed by atoms with Crippen LogP contribution >= 0.6 is 0 Å². The minimum absolute atomic E-state index is 0.0814. The van der Waals surface area contributed by atoms with Gasteiger partial charge in [-0.25, -0.2) is 0 Å². The molecule has 0 radical (unpaired) electrons. The van der Waals surface area contributed by atoms with Crippen molar-refractivity contribution in [3.63, 3.8) is 0 Å². The Kier molecular flexibility index (Phi) is 3.74. The molecule has 1 amide bonds. The largest absolute Gasteiger partial charge is 0.395 e.